The van der Waals surface area contributed by atoms with E-state index in [2.05, 4.69) is 10.5 Å². The van der Waals surface area contributed by atoms with Crippen LogP contribution in [0.4, 0.5) is 4.39 Å². The molecular formula is C15H23FN2O3. The normalized spacial score (nSPS) is 26.2. The zero-order chi connectivity index (χ0) is 15.5. The number of alkyl halides is 1. The van der Waals surface area contributed by atoms with Crippen LogP contribution in [-0.2, 0) is 11.3 Å². The van der Waals surface area contributed by atoms with Crippen LogP contribution in [0.15, 0.2) is 10.6 Å². The van der Waals surface area contributed by atoms with Crippen LogP contribution in [0.3, 0.4) is 0 Å². The summed E-state index contributed by atoms with van der Waals surface area (Å²) < 4.78 is 19.7. The molecule has 0 radical (unpaired) electrons. The molecule has 0 aliphatic heterocycles. The Morgan fingerprint density at radius 2 is 2.24 bits per heavy atom. The molecule has 2 N–H and O–H groups in total. The molecule has 0 amide bonds. The summed E-state index contributed by atoms with van der Waals surface area (Å²) in [7, 11) is 0. The first kappa shape index (κ1) is 15.9. The van der Waals surface area contributed by atoms with Gasteiger partial charge in [0.1, 0.15) is 5.67 Å². The molecule has 0 spiro atoms. The first-order valence-electron chi connectivity index (χ1n) is 7.47. The average molecular weight is 298 g/mol. The predicted octanol–water partition coefficient (Wildman–Crippen LogP) is 2.87. The number of hydrogen-bond acceptors (Lipinski definition) is 4. The maximum atomic E-state index is 14.5. The summed E-state index contributed by atoms with van der Waals surface area (Å²) in [5, 5.41) is 15.9. The molecule has 1 aliphatic rings. The van der Waals surface area contributed by atoms with E-state index in [-0.39, 0.29) is 6.54 Å². The van der Waals surface area contributed by atoms with Crippen molar-refractivity contribution in [1.82, 2.24) is 10.5 Å². The number of nitrogens with zero attached hydrogens (tertiary/aromatic N) is 1. The van der Waals surface area contributed by atoms with Gasteiger partial charge in [-0.1, -0.05) is 19.0 Å². The van der Waals surface area contributed by atoms with Gasteiger partial charge in [0, 0.05) is 12.6 Å². The Labute approximate surface area is 123 Å². The van der Waals surface area contributed by atoms with Gasteiger partial charge >= 0.3 is 5.97 Å². The van der Waals surface area contributed by atoms with Crippen LogP contribution in [0.1, 0.15) is 56.9 Å². The summed E-state index contributed by atoms with van der Waals surface area (Å²) in [5.41, 5.74) is -0.420. The number of aliphatic carboxylic acids is 1. The van der Waals surface area contributed by atoms with Crippen molar-refractivity contribution in [1.29, 1.82) is 0 Å². The molecule has 0 bridgehead atoms. The third-order valence-corrected chi connectivity index (χ3v) is 4.14. The van der Waals surface area contributed by atoms with Gasteiger partial charge < -0.3 is 14.9 Å². The number of nitrogens with one attached hydrogen (secondary N) is 1. The minimum absolute atomic E-state index is 0.219. The first-order valence-corrected chi connectivity index (χ1v) is 7.47. The predicted molar refractivity (Wildman–Crippen MR) is 75.7 cm³/mol. The SMILES string of the molecule is CC(C)c1cc(CNCC2(F)CCC(C(=O)O)CC2)on1. The summed E-state index contributed by atoms with van der Waals surface area (Å²) in [6.45, 7) is 4.73. The van der Waals surface area contributed by atoms with Crippen molar-refractivity contribution in [2.45, 2.75) is 57.7 Å². The van der Waals surface area contributed by atoms with E-state index in [9.17, 15) is 9.18 Å². The van der Waals surface area contributed by atoms with E-state index in [0.29, 0.717) is 43.9 Å². The minimum atomic E-state index is -1.31. The van der Waals surface area contributed by atoms with E-state index in [1.54, 1.807) is 0 Å². The minimum Gasteiger partial charge on any atom is -0.481 e. The van der Waals surface area contributed by atoms with E-state index in [0.717, 1.165) is 5.69 Å². The fourth-order valence-corrected chi connectivity index (χ4v) is 2.65. The van der Waals surface area contributed by atoms with Crippen LogP contribution in [0.2, 0.25) is 0 Å². The van der Waals surface area contributed by atoms with Crippen LogP contribution in [0.5, 0.6) is 0 Å². The Bertz CT molecular complexity index is 479. The number of carboxylic acid groups (broad SMARTS) is 1. The van der Waals surface area contributed by atoms with Crippen LogP contribution in [0, 0.1) is 5.92 Å². The fraction of sp³-hybridized carbons (Fsp3) is 0.733. The third-order valence-electron chi connectivity index (χ3n) is 4.14. The van der Waals surface area contributed by atoms with Crippen molar-refractivity contribution in [2.75, 3.05) is 6.54 Å². The Kier molecular flexibility index (Phi) is 4.98. The van der Waals surface area contributed by atoms with Gasteiger partial charge in [-0.2, -0.15) is 0 Å². The number of carbonyl (C=O) groups is 1. The molecule has 21 heavy (non-hydrogen) atoms. The molecule has 118 valence electrons. The highest BCUT2D eigenvalue weighted by Crippen LogP contribution is 2.34. The number of aromatic nitrogens is 1. The van der Waals surface area contributed by atoms with Crippen LogP contribution in [-0.4, -0.2) is 28.4 Å². The van der Waals surface area contributed by atoms with Crippen molar-refractivity contribution in [3.63, 3.8) is 0 Å². The second-order valence-corrected chi connectivity index (χ2v) is 6.24. The van der Waals surface area contributed by atoms with Crippen LogP contribution >= 0.6 is 0 Å². The lowest BCUT2D eigenvalue weighted by molar-refractivity contribution is -0.143. The van der Waals surface area contributed by atoms with Crippen molar-refractivity contribution in [2.24, 2.45) is 5.92 Å². The second kappa shape index (κ2) is 6.56. The second-order valence-electron chi connectivity index (χ2n) is 6.24. The molecule has 1 fully saturated rings. The standard InChI is InChI=1S/C15H23FN2O3/c1-10(2)13-7-12(21-18-13)8-17-9-15(16)5-3-11(4-6-15)14(19)20/h7,10-11,17H,3-6,8-9H2,1-2H3,(H,19,20). The molecule has 5 nitrogen and oxygen atoms in total. The fourth-order valence-electron chi connectivity index (χ4n) is 2.65. The van der Waals surface area contributed by atoms with Crippen molar-refractivity contribution in [3.05, 3.63) is 17.5 Å². The number of carboxylic acids is 1. The lowest BCUT2D eigenvalue weighted by atomic mass is 9.80. The summed E-state index contributed by atoms with van der Waals surface area (Å²) in [5.74, 6) is -0.201. The third kappa shape index (κ3) is 4.27. The Hall–Kier alpha value is -1.43. The largest absolute Gasteiger partial charge is 0.481 e. The Morgan fingerprint density at radius 1 is 1.57 bits per heavy atom. The molecule has 1 heterocycles. The molecule has 1 aromatic rings. The Morgan fingerprint density at radius 3 is 2.76 bits per heavy atom. The summed E-state index contributed by atoms with van der Waals surface area (Å²) in [6, 6.07) is 1.88. The topological polar surface area (TPSA) is 75.4 Å². The summed E-state index contributed by atoms with van der Waals surface area (Å²) in [6.07, 6.45) is 1.41. The van der Waals surface area contributed by atoms with E-state index < -0.39 is 17.6 Å². The molecule has 0 aromatic carbocycles. The van der Waals surface area contributed by atoms with Gasteiger partial charge in [-0.3, -0.25) is 4.79 Å². The number of rotatable bonds is 6. The molecule has 0 atom stereocenters. The van der Waals surface area contributed by atoms with Gasteiger partial charge in [0.2, 0.25) is 0 Å². The van der Waals surface area contributed by atoms with E-state index >= 15 is 0 Å². The van der Waals surface area contributed by atoms with E-state index in [1.165, 1.54) is 0 Å². The maximum Gasteiger partial charge on any atom is 0.306 e. The molecule has 2 rings (SSSR count). The van der Waals surface area contributed by atoms with Gasteiger partial charge in [-0.05, 0) is 31.6 Å². The van der Waals surface area contributed by atoms with Crippen molar-refractivity contribution in [3.8, 4) is 0 Å². The van der Waals surface area contributed by atoms with Crippen molar-refractivity contribution >= 4 is 5.97 Å². The molecular weight excluding hydrogens is 275 g/mol. The van der Waals surface area contributed by atoms with Gasteiger partial charge in [0.25, 0.3) is 0 Å². The van der Waals surface area contributed by atoms with Crippen LogP contribution < -0.4 is 5.32 Å². The van der Waals surface area contributed by atoms with Gasteiger partial charge in [-0.15, -0.1) is 0 Å². The molecule has 1 aliphatic carbocycles. The Balaban J connectivity index is 1.76. The molecule has 0 unspecified atom stereocenters. The molecule has 0 saturated heterocycles. The number of halogens is 1. The molecule has 1 aromatic heterocycles. The quantitative estimate of drug-likeness (QED) is 0.844. The van der Waals surface area contributed by atoms with Gasteiger partial charge in [0.05, 0.1) is 18.2 Å². The molecule has 6 heteroatoms. The monoisotopic (exact) mass is 298 g/mol. The van der Waals surface area contributed by atoms with Gasteiger partial charge in [-0.25, -0.2) is 4.39 Å². The van der Waals surface area contributed by atoms with E-state index in [1.807, 2.05) is 19.9 Å². The highest BCUT2D eigenvalue weighted by atomic mass is 19.1. The lowest BCUT2D eigenvalue weighted by Crippen LogP contribution is -2.40. The number of hydrogen-bond donors (Lipinski definition) is 2. The summed E-state index contributed by atoms with van der Waals surface area (Å²) >= 11 is 0. The highest BCUT2D eigenvalue weighted by Gasteiger charge is 2.37. The van der Waals surface area contributed by atoms with E-state index in [4.69, 9.17) is 9.63 Å². The maximum absolute atomic E-state index is 14.5. The average Bonchev–Trinajstić information content (AvgIpc) is 2.88. The van der Waals surface area contributed by atoms with Crippen LogP contribution in [0.25, 0.3) is 0 Å². The zero-order valence-corrected chi connectivity index (χ0v) is 12.6. The highest BCUT2D eigenvalue weighted by molar-refractivity contribution is 5.70. The first-order chi connectivity index (χ1) is 9.89. The summed E-state index contributed by atoms with van der Waals surface area (Å²) in [4.78, 5) is 10.9. The molecule has 1 saturated carbocycles. The zero-order valence-electron chi connectivity index (χ0n) is 12.6. The van der Waals surface area contributed by atoms with Crippen molar-refractivity contribution < 1.29 is 18.8 Å². The smallest absolute Gasteiger partial charge is 0.306 e. The van der Waals surface area contributed by atoms with Gasteiger partial charge in [0.15, 0.2) is 5.76 Å². The lowest BCUT2D eigenvalue weighted by Gasteiger charge is -2.32.